The molecular weight excluding hydrogens is 388 g/mol. The van der Waals surface area contributed by atoms with Gasteiger partial charge >= 0.3 is 0 Å². The highest BCUT2D eigenvalue weighted by Gasteiger charge is 2.17. The summed E-state index contributed by atoms with van der Waals surface area (Å²) in [7, 11) is -2.39. The largest absolute Gasteiger partial charge is 0.495 e. The summed E-state index contributed by atoms with van der Waals surface area (Å²) in [5.41, 5.74) is 2.36. The Morgan fingerprint density at radius 2 is 1.69 bits per heavy atom. The molecular formula is C22H22N2O4S. The van der Waals surface area contributed by atoms with E-state index in [1.807, 2.05) is 19.1 Å². The minimum absolute atomic E-state index is 0.0301. The van der Waals surface area contributed by atoms with Crippen LogP contribution in [0.3, 0.4) is 0 Å². The zero-order chi connectivity index (χ0) is 20.9. The maximum Gasteiger partial charge on any atom is 0.262 e. The normalized spacial score (nSPS) is 11.0. The maximum atomic E-state index is 12.8. The summed E-state index contributed by atoms with van der Waals surface area (Å²) < 4.78 is 33.2. The van der Waals surface area contributed by atoms with Gasteiger partial charge in [-0.05, 0) is 54.4 Å². The number of hydrogen-bond donors (Lipinski definition) is 2. The first kappa shape index (κ1) is 20.4. The lowest BCUT2D eigenvalue weighted by molar-refractivity contribution is 0.102. The first-order chi connectivity index (χ1) is 13.9. The quantitative estimate of drug-likeness (QED) is 0.608. The Balaban J connectivity index is 1.80. The van der Waals surface area contributed by atoms with E-state index >= 15 is 0 Å². The fourth-order valence-electron chi connectivity index (χ4n) is 2.77. The highest BCUT2D eigenvalue weighted by molar-refractivity contribution is 7.92. The SMILES string of the molecule is CCc1ccc(C(=O)Nc2cccc(S(=O)(=O)Nc3ccccc3OC)c2)cc1. The van der Waals surface area contributed by atoms with E-state index in [0.29, 0.717) is 22.7 Å². The first-order valence-electron chi connectivity index (χ1n) is 9.09. The Hall–Kier alpha value is -3.32. The van der Waals surface area contributed by atoms with Crippen molar-refractivity contribution in [3.05, 3.63) is 83.9 Å². The monoisotopic (exact) mass is 410 g/mol. The molecule has 0 aliphatic carbocycles. The summed E-state index contributed by atoms with van der Waals surface area (Å²) in [6.45, 7) is 2.04. The number of aryl methyl sites for hydroxylation is 1. The molecule has 0 heterocycles. The number of hydrogen-bond acceptors (Lipinski definition) is 4. The third-order valence-corrected chi connectivity index (χ3v) is 5.74. The highest BCUT2D eigenvalue weighted by Crippen LogP contribution is 2.27. The van der Waals surface area contributed by atoms with Gasteiger partial charge in [-0.15, -0.1) is 0 Å². The second kappa shape index (κ2) is 8.79. The molecule has 29 heavy (non-hydrogen) atoms. The van der Waals surface area contributed by atoms with Gasteiger partial charge in [0.2, 0.25) is 0 Å². The summed E-state index contributed by atoms with van der Waals surface area (Å²) >= 11 is 0. The van der Waals surface area contributed by atoms with Crippen molar-refractivity contribution < 1.29 is 17.9 Å². The number of para-hydroxylation sites is 2. The molecule has 7 heteroatoms. The number of ether oxygens (including phenoxy) is 1. The molecule has 0 bridgehead atoms. The summed E-state index contributed by atoms with van der Waals surface area (Å²) in [5, 5.41) is 2.74. The predicted molar refractivity (Wildman–Crippen MR) is 114 cm³/mol. The van der Waals surface area contributed by atoms with Crippen LogP contribution in [0.25, 0.3) is 0 Å². The molecule has 0 unspecified atom stereocenters. The summed E-state index contributed by atoms with van der Waals surface area (Å²) in [5.74, 6) is 0.107. The molecule has 150 valence electrons. The number of sulfonamides is 1. The molecule has 0 aliphatic rings. The van der Waals surface area contributed by atoms with Crippen LogP contribution in [-0.2, 0) is 16.4 Å². The topological polar surface area (TPSA) is 84.5 Å². The molecule has 3 aromatic carbocycles. The molecule has 1 amide bonds. The van der Waals surface area contributed by atoms with Crippen LogP contribution in [0.1, 0.15) is 22.8 Å². The van der Waals surface area contributed by atoms with Gasteiger partial charge in [-0.1, -0.05) is 37.3 Å². The lowest BCUT2D eigenvalue weighted by atomic mass is 10.1. The number of carbonyl (C=O) groups excluding carboxylic acids is 1. The van der Waals surface area contributed by atoms with Crippen molar-refractivity contribution in [3.63, 3.8) is 0 Å². The van der Waals surface area contributed by atoms with Crippen LogP contribution in [0.2, 0.25) is 0 Å². The summed E-state index contributed by atoms with van der Waals surface area (Å²) in [4.78, 5) is 12.5. The number of benzene rings is 3. The Labute approximate surface area is 170 Å². The second-order valence-electron chi connectivity index (χ2n) is 6.34. The van der Waals surface area contributed by atoms with E-state index < -0.39 is 10.0 Å². The maximum absolute atomic E-state index is 12.8. The van der Waals surface area contributed by atoms with Crippen molar-refractivity contribution in [1.82, 2.24) is 0 Å². The summed E-state index contributed by atoms with van der Waals surface area (Å²) in [6, 6.07) is 20.1. The van der Waals surface area contributed by atoms with Crippen molar-refractivity contribution in [2.24, 2.45) is 0 Å². The molecule has 0 saturated heterocycles. The fraction of sp³-hybridized carbons (Fsp3) is 0.136. The van der Waals surface area contributed by atoms with Gasteiger partial charge in [0.25, 0.3) is 15.9 Å². The van der Waals surface area contributed by atoms with E-state index in [-0.39, 0.29) is 10.8 Å². The van der Waals surface area contributed by atoms with Gasteiger partial charge in [-0.3, -0.25) is 9.52 Å². The lowest BCUT2D eigenvalue weighted by Crippen LogP contribution is -2.15. The van der Waals surface area contributed by atoms with Crippen LogP contribution in [0, 0.1) is 0 Å². The molecule has 6 nitrogen and oxygen atoms in total. The molecule has 0 spiro atoms. The predicted octanol–water partition coefficient (Wildman–Crippen LogP) is 4.31. The zero-order valence-electron chi connectivity index (χ0n) is 16.2. The van der Waals surface area contributed by atoms with E-state index in [9.17, 15) is 13.2 Å². The number of nitrogens with one attached hydrogen (secondary N) is 2. The third-order valence-electron chi connectivity index (χ3n) is 4.38. The minimum Gasteiger partial charge on any atom is -0.495 e. The summed E-state index contributed by atoms with van der Waals surface area (Å²) in [6.07, 6.45) is 0.890. The highest BCUT2D eigenvalue weighted by atomic mass is 32.2. The zero-order valence-corrected chi connectivity index (χ0v) is 17.0. The number of anilines is 2. The van der Waals surface area contributed by atoms with Crippen LogP contribution < -0.4 is 14.8 Å². The smallest absolute Gasteiger partial charge is 0.262 e. The molecule has 0 aromatic heterocycles. The second-order valence-corrected chi connectivity index (χ2v) is 8.02. The van der Waals surface area contributed by atoms with Gasteiger partial charge in [0.1, 0.15) is 5.75 Å². The van der Waals surface area contributed by atoms with Crippen LogP contribution in [0.15, 0.2) is 77.7 Å². The first-order valence-corrected chi connectivity index (χ1v) is 10.6. The van der Waals surface area contributed by atoms with Crippen molar-refractivity contribution in [2.75, 3.05) is 17.1 Å². The van der Waals surface area contributed by atoms with E-state index in [4.69, 9.17) is 4.74 Å². The van der Waals surface area contributed by atoms with Gasteiger partial charge in [-0.25, -0.2) is 8.42 Å². The van der Waals surface area contributed by atoms with Crippen molar-refractivity contribution >= 4 is 27.3 Å². The average Bonchev–Trinajstić information content (AvgIpc) is 2.74. The number of amides is 1. The lowest BCUT2D eigenvalue weighted by Gasteiger charge is -2.12. The molecule has 0 aliphatic heterocycles. The number of rotatable bonds is 7. The van der Waals surface area contributed by atoms with E-state index in [1.165, 1.54) is 19.2 Å². The molecule has 0 atom stereocenters. The standard InChI is InChI=1S/C22H22N2O4S/c1-3-16-11-13-17(14-12-16)22(25)23-18-7-6-8-19(15-18)29(26,27)24-20-9-4-5-10-21(20)28-2/h4-15,24H,3H2,1-2H3,(H,23,25). The molecule has 3 rings (SSSR count). The van der Waals surface area contributed by atoms with Crippen molar-refractivity contribution in [1.29, 1.82) is 0 Å². The Bertz CT molecular complexity index is 1110. The third kappa shape index (κ3) is 4.94. The van der Waals surface area contributed by atoms with Gasteiger partial charge in [0.05, 0.1) is 17.7 Å². The van der Waals surface area contributed by atoms with Gasteiger partial charge in [0.15, 0.2) is 0 Å². The molecule has 3 aromatic rings. The number of methoxy groups -OCH3 is 1. The average molecular weight is 410 g/mol. The van der Waals surface area contributed by atoms with Gasteiger partial charge in [0, 0.05) is 11.3 Å². The van der Waals surface area contributed by atoms with E-state index in [1.54, 1.807) is 48.5 Å². The van der Waals surface area contributed by atoms with Crippen LogP contribution in [0.4, 0.5) is 11.4 Å². The van der Waals surface area contributed by atoms with Crippen LogP contribution >= 0.6 is 0 Å². The molecule has 0 fully saturated rings. The minimum atomic E-state index is -3.86. The Kier molecular flexibility index (Phi) is 6.19. The Morgan fingerprint density at radius 3 is 2.38 bits per heavy atom. The van der Waals surface area contributed by atoms with Crippen LogP contribution in [-0.4, -0.2) is 21.4 Å². The van der Waals surface area contributed by atoms with Crippen LogP contribution in [0.5, 0.6) is 5.75 Å². The van der Waals surface area contributed by atoms with Gasteiger partial charge < -0.3 is 10.1 Å². The Morgan fingerprint density at radius 1 is 0.966 bits per heavy atom. The van der Waals surface area contributed by atoms with Crippen molar-refractivity contribution in [3.8, 4) is 5.75 Å². The fourth-order valence-corrected chi connectivity index (χ4v) is 3.88. The molecule has 2 N–H and O–H groups in total. The van der Waals surface area contributed by atoms with Gasteiger partial charge in [-0.2, -0.15) is 0 Å². The number of carbonyl (C=O) groups is 1. The molecule has 0 radical (unpaired) electrons. The van der Waals surface area contributed by atoms with Crippen molar-refractivity contribution in [2.45, 2.75) is 18.2 Å². The van der Waals surface area contributed by atoms with E-state index in [2.05, 4.69) is 10.0 Å². The molecule has 0 saturated carbocycles. The van der Waals surface area contributed by atoms with E-state index in [0.717, 1.165) is 12.0 Å².